The fourth-order valence-electron chi connectivity index (χ4n) is 5.04. The number of nitrogens with one attached hydrogen (secondary N) is 1. The SMILES string of the molecule is Cn1nc(C2CC2)cc1C(=O)N1CCC[C@]2(CCC(=O)N2)[C@H]1c1ccc(F)cc1. The topological polar surface area (TPSA) is 67.2 Å². The first-order chi connectivity index (χ1) is 14.0. The van der Waals surface area contributed by atoms with Crippen molar-refractivity contribution >= 4 is 11.8 Å². The van der Waals surface area contributed by atoms with Crippen LogP contribution in [0.5, 0.6) is 0 Å². The molecule has 7 heteroatoms. The Bertz CT molecular complexity index is 966. The van der Waals surface area contributed by atoms with Gasteiger partial charge in [0, 0.05) is 25.9 Å². The molecule has 2 atom stereocenters. The van der Waals surface area contributed by atoms with E-state index in [0.29, 0.717) is 31.0 Å². The maximum Gasteiger partial charge on any atom is 0.272 e. The molecule has 2 aromatic rings. The third-order valence-electron chi connectivity index (χ3n) is 6.60. The van der Waals surface area contributed by atoms with Gasteiger partial charge >= 0.3 is 0 Å². The van der Waals surface area contributed by atoms with Gasteiger partial charge in [0.2, 0.25) is 5.91 Å². The van der Waals surface area contributed by atoms with Gasteiger partial charge in [0.25, 0.3) is 5.91 Å². The van der Waals surface area contributed by atoms with E-state index in [1.165, 1.54) is 12.1 Å². The number of benzene rings is 1. The van der Waals surface area contributed by atoms with Crippen LogP contribution >= 0.6 is 0 Å². The Kier molecular flexibility index (Phi) is 4.22. The molecule has 2 saturated heterocycles. The lowest BCUT2D eigenvalue weighted by Crippen LogP contribution is -2.58. The molecule has 0 radical (unpaired) electrons. The highest BCUT2D eigenvalue weighted by atomic mass is 19.1. The molecule has 152 valence electrons. The third-order valence-corrected chi connectivity index (χ3v) is 6.60. The number of hydrogen-bond donors (Lipinski definition) is 1. The molecular formula is C22H25FN4O2. The molecule has 1 spiro atoms. The number of amides is 2. The summed E-state index contributed by atoms with van der Waals surface area (Å²) in [5.74, 6) is 0.0922. The average molecular weight is 396 g/mol. The van der Waals surface area contributed by atoms with Crippen LogP contribution in [-0.4, -0.2) is 38.6 Å². The minimum absolute atomic E-state index is 0.0166. The van der Waals surface area contributed by atoms with E-state index in [9.17, 15) is 14.0 Å². The Morgan fingerprint density at radius 1 is 1.24 bits per heavy atom. The van der Waals surface area contributed by atoms with Crippen LogP contribution in [0.3, 0.4) is 0 Å². The van der Waals surface area contributed by atoms with Crippen LogP contribution in [0.15, 0.2) is 30.3 Å². The first-order valence-corrected chi connectivity index (χ1v) is 10.4. The van der Waals surface area contributed by atoms with Gasteiger partial charge in [0.1, 0.15) is 11.5 Å². The molecule has 3 fully saturated rings. The number of carbonyl (C=O) groups excluding carboxylic acids is 2. The zero-order valence-electron chi connectivity index (χ0n) is 16.5. The van der Waals surface area contributed by atoms with Crippen LogP contribution < -0.4 is 5.32 Å². The molecule has 1 aromatic carbocycles. The van der Waals surface area contributed by atoms with E-state index >= 15 is 0 Å². The lowest BCUT2D eigenvalue weighted by atomic mass is 9.76. The predicted octanol–water partition coefficient (Wildman–Crippen LogP) is 3.06. The van der Waals surface area contributed by atoms with Crippen molar-refractivity contribution in [2.24, 2.45) is 7.05 Å². The second-order valence-electron chi connectivity index (χ2n) is 8.61. The first-order valence-electron chi connectivity index (χ1n) is 10.4. The summed E-state index contributed by atoms with van der Waals surface area (Å²) in [6.45, 7) is 0.600. The summed E-state index contributed by atoms with van der Waals surface area (Å²) in [5.41, 5.74) is 1.91. The van der Waals surface area contributed by atoms with Gasteiger partial charge in [0.05, 0.1) is 17.3 Å². The molecule has 3 aliphatic rings. The van der Waals surface area contributed by atoms with E-state index in [1.54, 1.807) is 16.8 Å². The molecule has 0 bridgehead atoms. The highest BCUT2D eigenvalue weighted by molar-refractivity contribution is 5.93. The van der Waals surface area contributed by atoms with Crippen LogP contribution in [0.1, 0.15) is 72.2 Å². The molecule has 29 heavy (non-hydrogen) atoms. The van der Waals surface area contributed by atoms with Crippen molar-refractivity contribution in [3.05, 3.63) is 53.1 Å². The number of aromatic nitrogens is 2. The van der Waals surface area contributed by atoms with Crippen molar-refractivity contribution in [2.45, 2.75) is 56.0 Å². The number of halogens is 1. The summed E-state index contributed by atoms with van der Waals surface area (Å²) < 4.78 is 15.3. The Morgan fingerprint density at radius 2 is 2.00 bits per heavy atom. The van der Waals surface area contributed by atoms with E-state index in [0.717, 1.165) is 36.9 Å². The Balaban J connectivity index is 1.55. The fourth-order valence-corrected chi connectivity index (χ4v) is 5.04. The van der Waals surface area contributed by atoms with Crippen molar-refractivity contribution in [3.63, 3.8) is 0 Å². The number of likely N-dealkylation sites (tertiary alicyclic amines) is 1. The quantitative estimate of drug-likeness (QED) is 0.867. The number of nitrogens with zero attached hydrogens (tertiary/aromatic N) is 3. The highest BCUT2D eigenvalue weighted by Crippen LogP contribution is 2.45. The number of hydrogen-bond acceptors (Lipinski definition) is 3. The van der Waals surface area contributed by atoms with E-state index < -0.39 is 5.54 Å². The van der Waals surface area contributed by atoms with Crippen molar-refractivity contribution in [2.75, 3.05) is 6.54 Å². The smallest absolute Gasteiger partial charge is 0.272 e. The zero-order chi connectivity index (χ0) is 20.2. The summed E-state index contributed by atoms with van der Waals surface area (Å²) in [7, 11) is 1.81. The highest BCUT2D eigenvalue weighted by Gasteiger charge is 2.51. The molecule has 1 aliphatic carbocycles. The zero-order valence-corrected chi connectivity index (χ0v) is 16.5. The second kappa shape index (κ2) is 6.68. The number of rotatable bonds is 3. The van der Waals surface area contributed by atoms with Gasteiger partial charge in [-0.05, 0) is 55.9 Å². The Labute approximate surface area is 169 Å². The molecule has 2 aliphatic heterocycles. The van der Waals surface area contributed by atoms with Gasteiger partial charge in [0.15, 0.2) is 0 Å². The fraction of sp³-hybridized carbons (Fsp3) is 0.500. The number of carbonyl (C=O) groups is 2. The Morgan fingerprint density at radius 3 is 2.66 bits per heavy atom. The van der Waals surface area contributed by atoms with E-state index in [4.69, 9.17) is 0 Å². The molecule has 2 amide bonds. The molecule has 1 N–H and O–H groups in total. The van der Waals surface area contributed by atoms with Gasteiger partial charge in [-0.3, -0.25) is 14.3 Å². The van der Waals surface area contributed by atoms with Crippen molar-refractivity contribution in [1.29, 1.82) is 0 Å². The van der Waals surface area contributed by atoms with Gasteiger partial charge in [-0.2, -0.15) is 5.10 Å². The van der Waals surface area contributed by atoms with Crippen LogP contribution in [0.25, 0.3) is 0 Å². The monoisotopic (exact) mass is 396 g/mol. The van der Waals surface area contributed by atoms with E-state index in [1.807, 2.05) is 18.0 Å². The average Bonchev–Trinajstić information content (AvgIpc) is 3.40. The standard InChI is InChI=1S/C22H25FN4O2/c1-26-18(13-17(25-26)14-3-4-14)21(29)27-12-2-10-22(11-9-19(28)24-22)20(27)15-5-7-16(23)8-6-15/h5-8,13-14,20H,2-4,9-12H2,1H3,(H,24,28)/t20-,22+/m1/s1. The van der Waals surface area contributed by atoms with Crippen molar-refractivity contribution < 1.29 is 14.0 Å². The molecule has 0 unspecified atom stereocenters. The van der Waals surface area contributed by atoms with Crippen LogP contribution in [-0.2, 0) is 11.8 Å². The number of aryl methyl sites for hydroxylation is 1. The first kappa shape index (κ1) is 18.3. The Hall–Kier alpha value is -2.70. The second-order valence-corrected chi connectivity index (χ2v) is 8.61. The maximum atomic E-state index is 13.6. The molecule has 1 saturated carbocycles. The van der Waals surface area contributed by atoms with Gasteiger partial charge in [-0.1, -0.05) is 12.1 Å². The largest absolute Gasteiger partial charge is 0.348 e. The minimum atomic E-state index is -0.499. The normalized spacial score (nSPS) is 26.8. The van der Waals surface area contributed by atoms with Gasteiger partial charge in [-0.25, -0.2) is 4.39 Å². The van der Waals surface area contributed by atoms with Crippen LogP contribution in [0.4, 0.5) is 4.39 Å². The van der Waals surface area contributed by atoms with E-state index in [2.05, 4.69) is 10.4 Å². The summed E-state index contributed by atoms with van der Waals surface area (Å²) in [5, 5.41) is 7.72. The van der Waals surface area contributed by atoms with Crippen LogP contribution in [0, 0.1) is 5.82 Å². The van der Waals surface area contributed by atoms with E-state index in [-0.39, 0.29) is 23.7 Å². The summed E-state index contributed by atoms with van der Waals surface area (Å²) in [4.78, 5) is 27.6. The molecule has 3 heterocycles. The summed E-state index contributed by atoms with van der Waals surface area (Å²) >= 11 is 0. The summed E-state index contributed by atoms with van der Waals surface area (Å²) in [6, 6.07) is 7.90. The lowest BCUT2D eigenvalue weighted by Gasteiger charge is -2.48. The van der Waals surface area contributed by atoms with Crippen molar-refractivity contribution in [1.82, 2.24) is 20.0 Å². The van der Waals surface area contributed by atoms with Crippen molar-refractivity contribution in [3.8, 4) is 0 Å². The third kappa shape index (κ3) is 3.12. The lowest BCUT2D eigenvalue weighted by molar-refractivity contribution is -0.120. The molecule has 1 aromatic heterocycles. The van der Waals surface area contributed by atoms with Gasteiger partial charge < -0.3 is 10.2 Å². The van der Waals surface area contributed by atoms with Crippen LogP contribution in [0.2, 0.25) is 0 Å². The number of piperidine rings is 1. The predicted molar refractivity (Wildman–Crippen MR) is 105 cm³/mol. The minimum Gasteiger partial charge on any atom is -0.348 e. The molecule has 5 rings (SSSR count). The summed E-state index contributed by atoms with van der Waals surface area (Å²) in [6.07, 6.45) is 5.01. The van der Waals surface area contributed by atoms with Gasteiger partial charge in [-0.15, -0.1) is 0 Å². The molecule has 6 nitrogen and oxygen atoms in total. The maximum absolute atomic E-state index is 13.6. The molecular weight excluding hydrogens is 371 g/mol.